The first-order valence-corrected chi connectivity index (χ1v) is 4.38. The summed E-state index contributed by atoms with van der Waals surface area (Å²) in [7, 11) is 3.93. The molecule has 0 unspecified atom stereocenters. The molecule has 0 fully saturated rings. The van der Waals surface area contributed by atoms with E-state index in [0.717, 1.165) is 12.6 Å². The van der Waals surface area contributed by atoms with Crippen molar-refractivity contribution in [2.75, 3.05) is 27.2 Å². The second-order valence-electron chi connectivity index (χ2n) is 3.13. The predicted molar refractivity (Wildman–Crippen MR) is 55.0 cm³/mol. The minimum Gasteiger partial charge on any atom is -0.497 e. The van der Waals surface area contributed by atoms with E-state index < -0.39 is 5.97 Å². The molecule has 0 rings (SSSR count). The third-order valence-corrected chi connectivity index (χ3v) is 1.44. The number of nitrogens with zero attached hydrogens (tertiary/aromatic N) is 1. The van der Waals surface area contributed by atoms with Gasteiger partial charge in [0, 0.05) is 12.6 Å². The van der Waals surface area contributed by atoms with E-state index in [-0.39, 0.29) is 0 Å². The first kappa shape index (κ1) is 12.7. The van der Waals surface area contributed by atoms with Crippen molar-refractivity contribution in [3.63, 3.8) is 0 Å². The third kappa shape index (κ3) is 8.80. The molecule has 4 nitrogen and oxygen atoms in total. The average Bonchev–Trinajstić information content (AvgIpc) is 2.02. The summed E-state index contributed by atoms with van der Waals surface area (Å²) in [6.45, 7) is 3.24. The minimum absolute atomic E-state index is 0.607. The molecule has 0 spiro atoms. The van der Waals surface area contributed by atoms with Gasteiger partial charge in [-0.3, -0.25) is 0 Å². The van der Waals surface area contributed by atoms with Crippen molar-refractivity contribution in [3.05, 3.63) is 24.0 Å². The van der Waals surface area contributed by atoms with Crippen molar-refractivity contribution in [1.82, 2.24) is 4.90 Å². The van der Waals surface area contributed by atoms with Gasteiger partial charge < -0.3 is 14.7 Å². The number of carboxylic acids is 1. The molecule has 0 atom stereocenters. The molecule has 0 aliphatic carbocycles. The molecular weight excluding hydrogens is 182 g/mol. The molecule has 80 valence electrons. The number of rotatable bonds is 6. The van der Waals surface area contributed by atoms with Crippen LogP contribution in [0.3, 0.4) is 0 Å². The van der Waals surface area contributed by atoms with Crippen LogP contribution in [0.1, 0.15) is 6.92 Å². The molecule has 0 heterocycles. The van der Waals surface area contributed by atoms with E-state index in [1.807, 2.05) is 19.0 Å². The summed E-state index contributed by atoms with van der Waals surface area (Å²) >= 11 is 0. The van der Waals surface area contributed by atoms with Crippen LogP contribution in [0.15, 0.2) is 24.0 Å². The molecular formula is C10H17NO3. The van der Waals surface area contributed by atoms with E-state index in [1.165, 1.54) is 6.08 Å². The van der Waals surface area contributed by atoms with Crippen molar-refractivity contribution in [2.45, 2.75) is 6.92 Å². The Morgan fingerprint density at radius 3 is 2.64 bits per heavy atom. The van der Waals surface area contributed by atoms with Gasteiger partial charge in [0.25, 0.3) is 0 Å². The number of carboxylic acid groups (broad SMARTS) is 1. The molecule has 0 amide bonds. The smallest absolute Gasteiger partial charge is 0.328 e. The maximum Gasteiger partial charge on any atom is 0.328 e. The van der Waals surface area contributed by atoms with Gasteiger partial charge in [0.15, 0.2) is 0 Å². The molecule has 0 aromatic rings. The summed E-state index contributed by atoms with van der Waals surface area (Å²) < 4.78 is 5.31. The molecule has 4 heteroatoms. The molecule has 0 radical (unpaired) electrons. The molecule has 0 aliphatic rings. The largest absolute Gasteiger partial charge is 0.497 e. The SMILES string of the molecule is C/C(=C/C=C/C(=O)O)OCCN(C)C. The van der Waals surface area contributed by atoms with Crippen LogP contribution in [-0.2, 0) is 9.53 Å². The molecule has 0 saturated carbocycles. The molecule has 1 N–H and O–H groups in total. The number of carbonyl (C=O) groups is 1. The van der Waals surface area contributed by atoms with Crippen molar-refractivity contribution in [1.29, 1.82) is 0 Å². The van der Waals surface area contributed by atoms with Crippen LogP contribution in [-0.4, -0.2) is 43.2 Å². The normalized spacial score (nSPS) is 12.4. The molecule has 0 saturated heterocycles. The molecule has 0 bridgehead atoms. The molecule has 14 heavy (non-hydrogen) atoms. The fourth-order valence-electron chi connectivity index (χ4n) is 0.703. The van der Waals surface area contributed by atoms with Crippen LogP contribution in [0.4, 0.5) is 0 Å². The van der Waals surface area contributed by atoms with E-state index >= 15 is 0 Å². The van der Waals surface area contributed by atoms with Crippen LogP contribution in [0.5, 0.6) is 0 Å². The van der Waals surface area contributed by atoms with Gasteiger partial charge in [-0.2, -0.15) is 0 Å². The van der Waals surface area contributed by atoms with Crippen LogP contribution in [0, 0.1) is 0 Å². The summed E-state index contributed by atoms with van der Waals surface area (Å²) in [4.78, 5) is 12.1. The maximum atomic E-state index is 10.1. The first-order valence-electron chi connectivity index (χ1n) is 4.38. The van der Waals surface area contributed by atoms with E-state index in [9.17, 15) is 4.79 Å². The highest BCUT2D eigenvalue weighted by molar-refractivity contribution is 5.80. The highest BCUT2D eigenvalue weighted by Gasteiger charge is 1.91. The summed E-state index contributed by atoms with van der Waals surface area (Å²) in [6.07, 6.45) is 4.15. The zero-order valence-corrected chi connectivity index (χ0v) is 8.86. The summed E-state index contributed by atoms with van der Waals surface area (Å²) in [5, 5.41) is 8.31. The number of ether oxygens (including phenoxy) is 1. The van der Waals surface area contributed by atoms with E-state index in [2.05, 4.69) is 0 Å². The van der Waals surface area contributed by atoms with E-state index in [1.54, 1.807) is 13.0 Å². The van der Waals surface area contributed by atoms with Gasteiger partial charge in [0.05, 0.1) is 5.76 Å². The van der Waals surface area contributed by atoms with Crippen molar-refractivity contribution in [3.8, 4) is 0 Å². The van der Waals surface area contributed by atoms with Gasteiger partial charge in [-0.1, -0.05) is 6.08 Å². The standard InChI is InChI=1S/C10H17NO3/c1-9(5-4-6-10(12)13)14-8-7-11(2)3/h4-6H,7-8H2,1-3H3,(H,12,13)/b6-4+,9-5-. The van der Waals surface area contributed by atoms with Gasteiger partial charge in [-0.05, 0) is 27.1 Å². The highest BCUT2D eigenvalue weighted by Crippen LogP contribution is 1.95. The lowest BCUT2D eigenvalue weighted by molar-refractivity contribution is -0.131. The zero-order chi connectivity index (χ0) is 11.0. The van der Waals surface area contributed by atoms with Gasteiger partial charge in [-0.15, -0.1) is 0 Å². The monoisotopic (exact) mass is 199 g/mol. The Bertz CT molecular complexity index is 232. The summed E-state index contributed by atoms with van der Waals surface area (Å²) in [5.41, 5.74) is 0. The van der Waals surface area contributed by atoms with Crippen molar-refractivity contribution >= 4 is 5.97 Å². The Kier molecular flexibility index (Phi) is 6.49. The van der Waals surface area contributed by atoms with Crippen LogP contribution < -0.4 is 0 Å². The molecule has 0 aromatic heterocycles. The Morgan fingerprint density at radius 2 is 2.14 bits per heavy atom. The average molecular weight is 199 g/mol. The van der Waals surface area contributed by atoms with Crippen LogP contribution in [0.2, 0.25) is 0 Å². The third-order valence-electron chi connectivity index (χ3n) is 1.44. The Balaban J connectivity index is 3.72. The summed E-state index contributed by atoms with van der Waals surface area (Å²) in [5.74, 6) is -0.244. The Morgan fingerprint density at radius 1 is 1.50 bits per heavy atom. The molecule has 0 aromatic carbocycles. The number of hydrogen-bond donors (Lipinski definition) is 1. The fraction of sp³-hybridized carbons (Fsp3) is 0.500. The number of aliphatic carboxylic acids is 1. The van der Waals surface area contributed by atoms with Crippen LogP contribution in [0.25, 0.3) is 0 Å². The van der Waals surface area contributed by atoms with Crippen LogP contribution >= 0.6 is 0 Å². The number of allylic oxidation sites excluding steroid dienone is 3. The van der Waals surface area contributed by atoms with E-state index in [4.69, 9.17) is 9.84 Å². The van der Waals surface area contributed by atoms with Gasteiger partial charge in [0.2, 0.25) is 0 Å². The van der Waals surface area contributed by atoms with Gasteiger partial charge in [0.1, 0.15) is 6.61 Å². The Labute approximate surface area is 84.5 Å². The number of likely N-dealkylation sites (N-methyl/N-ethyl adjacent to an activating group) is 1. The lowest BCUT2D eigenvalue weighted by atomic mass is 10.4. The van der Waals surface area contributed by atoms with Gasteiger partial charge in [-0.25, -0.2) is 4.79 Å². The first-order chi connectivity index (χ1) is 6.52. The van der Waals surface area contributed by atoms with Gasteiger partial charge >= 0.3 is 5.97 Å². The Hall–Kier alpha value is -1.29. The van der Waals surface area contributed by atoms with E-state index in [0.29, 0.717) is 12.4 Å². The maximum absolute atomic E-state index is 10.1. The second-order valence-corrected chi connectivity index (χ2v) is 3.13. The highest BCUT2D eigenvalue weighted by atomic mass is 16.5. The quantitative estimate of drug-likeness (QED) is 0.395. The van der Waals surface area contributed by atoms with Crippen molar-refractivity contribution < 1.29 is 14.6 Å². The topological polar surface area (TPSA) is 49.8 Å². The lowest BCUT2D eigenvalue weighted by Gasteiger charge is -2.10. The van der Waals surface area contributed by atoms with Crippen molar-refractivity contribution in [2.24, 2.45) is 0 Å². The number of hydrogen-bond acceptors (Lipinski definition) is 3. The molecule has 0 aliphatic heterocycles. The lowest BCUT2D eigenvalue weighted by Crippen LogP contribution is -2.17. The second kappa shape index (κ2) is 7.15. The zero-order valence-electron chi connectivity index (χ0n) is 8.86. The minimum atomic E-state index is -0.956. The predicted octanol–water partition coefficient (Wildman–Crippen LogP) is 1.11. The fourth-order valence-corrected chi connectivity index (χ4v) is 0.703. The summed E-state index contributed by atoms with van der Waals surface area (Å²) in [6, 6.07) is 0.